The summed E-state index contributed by atoms with van der Waals surface area (Å²) in [5.41, 5.74) is 2.62. The average Bonchev–Trinajstić information content (AvgIpc) is 3.25. The Balaban J connectivity index is 2.37. The second-order valence-corrected chi connectivity index (χ2v) is 8.79. The van der Waals surface area contributed by atoms with Gasteiger partial charge in [0.1, 0.15) is 30.5 Å². The fraction of sp³-hybridized carbons (Fsp3) is 0.346. The molecule has 0 saturated carbocycles. The molecule has 0 aliphatic carbocycles. The van der Waals surface area contributed by atoms with E-state index >= 15 is 0 Å². The topological polar surface area (TPSA) is 146 Å². The predicted octanol–water partition coefficient (Wildman–Crippen LogP) is 5.13. The van der Waals surface area contributed by atoms with Crippen LogP contribution in [-0.2, 0) is 23.9 Å². The van der Waals surface area contributed by atoms with Crippen molar-refractivity contribution in [2.45, 2.75) is 33.6 Å². The number of anilines is 2. The molecule has 38 heavy (non-hydrogen) atoms. The number of hydrogen-bond acceptors (Lipinski definition) is 11. The van der Waals surface area contributed by atoms with Crippen molar-refractivity contribution in [2.75, 3.05) is 36.5 Å². The molecule has 1 aromatic heterocycles. The van der Waals surface area contributed by atoms with Gasteiger partial charge in [-0.25, -0.2) is 9.59 Å². The number of ether oxygens (including phenoxy) is 2. The van der Waals surface area contributed by atoms with Gasteiger partial charge in [-0.2, -0.15) is 9.64 Å². The molecule has 2 aromatic rings. The number of hydrogen-bond donors (Lipinski definition) is 1. The maximum atomic E-state index is 12.4. The summed E-state index contributed by atoms with van der Waals surface area (Å²) in [5, 5.41) is 21.0. The zero-order valence-electron chi connectivity index (χ0n) is 21.7. The van der Waals surface area contributed by atoms with Crippen molar-refractivity contribution in [3.63, 3.8) is 0 Å². The zero-order chi connectivity index (χ0) is 28.1. The van der Waals surface area contributed by atoms with Crippen molar-refractivity contribution < 1.29 is 23.9 Å². The van der Waals surface area contributed by atoms with Gasteiger partial charge in [-0.1, -0.05) is 20.1 Å². The van der Waals surface area contributed by atoms with Gasteiger partial charge in [0.2, 0.25) is 5.91 Å². The van der Waals surface area contributed by atoms with Gasteiger partial charge in [0.15, 0.2) is 5.00 Å². The van der Waals surface area contributed by atoms with Gasteiger partial charge in [-0.15, -0.1) is 10.2 Å². The summed E-state index contributed by atoms with van der Waals surface area (Å²) in [6, 6.07) is 7.20. The van der Waals surface area contributed by atoms with Crippen molar-refractivity contribution in [2.24, 2.45) is 10.2 Å². The van der Waals surface area contributed by atoms with E-state index in [1.54, 1.807) is 32.0 Å². The molecule has 2 rings (SSSR count). The Morgan fingerprint density at radius 2 is 1.95 bits per heavy atom. The number of rotatable bonds is 14. The number of benzene rings is 1. The molecule has 0 aliphatic rings. The summed E-state index contributed by atoms with van der Waals surface area (Å²) in [4.78, 5) is 37.6. The minimum Gasteiger partial charge on any atom is -0.461 e. The van der Waals surface area contributed by atoms with Crippen molar-refractivity contribution >= 4 is 51.4 Å². The standard InChI is InChI=1S/C26H30N6O5S/c1-6-8-23(33)28-22-15-19(9-10-21(22)29-30-25-20(16-27)18(5)31-38-25)32(11-13-36-24(34)7-2)12-14-37-26(35)17(3)4/h7,9-10,15H,2-3,6,8,11-14H2,1,4-5H3,(H,28,33)/b30-29+. The number of aryl methyl sites for hydroxylation is 1. The summed E-state index contributed by atoms with van der Waals surface area (Å²) in [5.74, 6) is -1.27. The van der Waals surface area contributed by atoms with Crippen LogP contribution in [0.3, 0.4) is 0 Å². The van der Waals surface area contributed by atoms with Gasteiger partial charge in [0.25, 0.3) is 0 Å². The molecular weight excluding hydrogens is 508 g/mol. The van der Waals surface area contributed by atoms with Crippen molar-refractivity contribution in [1.29, 1.82) is 5.26 Å². The number of nitriles is 1. The first-order valence-corrected chi connectivity index (χ1v) is 12.6. The molecule has 1 heterocycles. The van der Waals surface area contributed by atoms with Crippen LogP contribution < -0.4 is 10.2 Å². The summed E-state index contributed by atoms with van der Waals surface area (Å²) in [7, 11) is 0. The van der Waals surface area contributed by atoms with Gasteiger partial charge in [0, 0.05) is 23.8 Å². The molecule has 0 aliphatic heterocycles. The molecule has 1 N–H and O–H groups in total. The van der Waals surface area contributed by atoms with Gasteiger partial charge < -0.3 is 19.7 Å². The van der Waals surface area contributed by atoms with Crippen LogP contribution >= 0.6 is 11.5 Å². The van der Waals surface area contributed by atoms with Crippen LogP contribution in [-0.4, -0.2) is 48.5 Å². The monoisotopic (exact) mass is 538 g/mol. The molecule has 12 heteroatoms. The number of azo groups is 1. The molecule has 0 atom stereocenters. The minimum absolute atomic E-state index is 0.0555. The number of carbonyl (C=O) groups excluding carboxylic acids is 3. The molecule has 1 amide bonds. The van der Waals surface area contributed by atoms with Gasteiger partial charge in [0.05, 0.1) is 24.5 Å². The molecular formula is C26H30N6O5S. The average molecular weight is 539 g/mol. The van der Waals surface area contributed by atoms with E-state index in [1.165, 1.54) is 0 Å². The van der Waals surface area contributed by atoms with Crippen LogP contribution in [0.1, 0.15) is 37.9 Å². The van der Waals surface area contributed by atoms with Crippen molar-refractivity contribution in [3.05, 3.63) is 54.3 Å². The zero-order valence-corrected chi connectivity index (χ0v) is 22.5. The van der Waals surface area contributed by atoms with Crippen LogP contribution in [0.5, 0.6) is 0 Å². The van der Waals surface area contributed by atoms with E-state index in [4.69, 9.17) is 9.47 Å². The number of aromatic nitrogens is 1. The van der Waals surface area contributed by atoms with E-state index < -0.39 is 11.9 Å². The summed E-state index contributed by atoms with van der Waals surface area (Å²) >= 11 is 1.06. The first kappa shape index (κ1) is 29.9. The van der Waals surface area contributed by atoms with E-state index in [2.05, 4.69) is 39.1 Å². The predicted molar refractivity (Wildman–Crippen MR) is 145 cm³/mol. The lowest BCUT2D eigenvalue weighted by Gasteiger charge is -2.25. The van der Waals surface area contributed by atoms with Gasteiger partial charge >= 0.3 is 11.9 Å². The summed E-state index contributed by atoms with van der Waals surface area (Å²) in [6.07, 6.45) is 2.04. The highest BCUT2D eigenvalue weighted by Crippen LogP contribution is 2.34. The Morgan fingerprint density at radius 1 is 1.24 bits per heavy atom. The van der Waals surface area contributed by atoms with Crippen molar-refractivity contribution in [1.82, 2.24) is 4.37 Å². The number of amides is 1. The highest BCUT2D eigenvalue weighted by molar-refractivity contribution is 7.10. The van der Waals surface area contributed by atoms with Crippen LogP contribution in [0.2, 0.25) is 0 Å². The largest absolute Gasteiger partial charge is 0.461 e. The summed E-state index contributed by atoms with van der Waals surface area (Å²) < 4.78 is 14.5. The number of nitrogens with zero attached hydrogens (tertiary/aromatic N) is 5. The van der Waals surface area contributed by atoms with Gasteiger partial charge in [-0.3, -0.25) is 4.79 Å². The van der Waals surface area contributed by atoms with Crippen LogP contribution in [0.25, 0.3) is 0 Å². The number of esters is 2. The Bertz CT molecular complexity index is 1260. The second kappa shape index (κ2) is 15.0. The van der Waals surface area contributed by atoms with Crippen LogP contribution in [0, 0.1) is 18.3 Å². The highest BCUT2D eigenvalue weighted by atomic mass is 32.1. The quantitative estimate of drug-likeness (QED) is 0.198. The lowest BCUT2D eigenvalue weighted by molar-refractivity contribution is -0.138. The Labute approximate surface area is 225 Å². The number of nitrogens with one attached hydrogen (secondary N) is 1. The third-order valence-electron chi connectivity index (χ3n) is 5.02. The van der Waals surface area contributed by atoms with Crippen LogP contribution in [0.15, 0.2) is 53.2 Å². The normalized spacial score (nSPS) is 10.5. The Morgan fingerprint density at radius 3 is 2.58 bits per heavy atom. The molecule has 0 radical (unpaired) electrons. The second-order valence-electron chi connectivity index (χ2n) is 8.03. The maximum Gasteiger partial charge on any atom is 0.333 e. The minimum atomic E-state index is -0.558. The molecule has 0 spiro atoms. The third-order valence-corrected chi connectivity index (χ3v) is 5.84. The van der Waals surface area contributed by atoms with E-state index in [1.807, 2.05) is 11.8 Å². The molecule has 0 fully saturated rings. The fourth-order valence-corrected chi connectivity index (χ4v) is 3.74. The highest BCUT2D eigenvalue weighted by Gasteiger charge is 2.15. The molecule has 11 nitrogen and oxygen atoms in total. The summed E-state index contributed by atoms with van der Waals surface area (Å²) in [6.45, 7) is 12.8. The van der Waals surface area contributed by atoms with Crippen molar-refractivity contribution in [3.8, 4) is 6.07 Å². The molecule has 0 saturated heterocycles. The van der Waals surface area contributed by atoms with E-state index in [-0.39, 0.29) is 37.8 Å². The molecule has 200 valence electrons. The maximum absolute atomic E-state index is 12.4. The third kappa shape index (κ3) is 8.94. The van der Waals surface area contributed by atoms with E-state index in [0.717, 1.165) is 17.6 Å². The SMILES string of the molecule is C=CC(=O)OCCN(CCOC(=O)C(=C)C)c1ccc(/N=N/c2snc(C)c2C#N)c(NC(=O)CCC)c1. The van der Waals surface area contributed by atoms with Crippen LogP contribution in [0.4, 0.5) is 22.1 Å². The number of carbonyl (C=O) groups is 3. The first-order valence-electron chi connectivity index (χ1n) is 11.8. The van der Waals surface area contributed by atoms with Gasteiger partial charge in [-0.05, 0) is 50.0 Å². The van der Waals surface area contributed by atoms with E-state index in [0.29, 0.717) is 46.2 Å². The van der Waals surface area contributed by atoms with E-state index in [9.17, 15) is 19.6 Å². The Hall–Kier alpha value is -4.37. The molecule has 1 aromatic carbocycles. The first-order chi connectivity index (χ1) is 18.2. The fourth-order valence-electron chi connectivity index (χ4n) is 3.06. The lowest BCUT2D eigenvalue weighted by Crippen LogP contribution is -2.32. The molecule has 0 bridgehead atoms. The smallest absolute Gasteiger partial charge is 0.333 e. The lowest BCUT2D eigenvalue weighted by atomic mass is 10.2. The Kier molecular flexibility index (Phi) is 11.8. The molecule has 0 unspecified atom stereocenters.